The van der Waals surface area contributed by atoms with Gasteiger partial charge in [0.2, 0.25) is 0 Å². The van der Waals surface area contributed by atoms with Gasteiger partial charge in [-0.25, -0.2) is 19.3 Å². The average Bonchev–Trinajstić information content (AvgIpc) is 3.04. The second-order valence-corrected chi connectivity index (χ2v) is 4.52. The highest BCUT2D eigenvalue weighted by atomic mass is 16.5. The van der Waals surface area contributed by atoms with Gasteiger partial charge in [0.25, 0.3) is 0 Å². The van der Waals surface area contributed by atoms with Crippen LogP contribution in [0, 0.1) is 6.92 Å². The Kier molecular flexibility index (Phi) is 3.40. The predicted molar refractivity (Wildman–Crippen MR) is 75.7 cm³/mol. The molecule has 0 aliphatic rings. The van der Waals surface area contributed by atoms with E-state index in [1.54, 1.807) is 31.0 Å². The molecule has 0 saturated carbocycles. The standard InChI is InChI=1S/C12H15N7O2/c1-8-14-10(5-11-16-17-12(20)19(8)11)15-9-6-13-18(7-9)3-4-21-2/h5-7,15H,3-4H2,1-2H3,(H,17,20). The molecule has 0 radical (unpaired) electrons. The van der Waals surface area contributed by atoms with Crippen LogP contribution in [0.5, 0.6) is 0 Å². The normalized spacial score (nSPS) is 11.1. The summed E-state index contributed by atoms with van der Waals surface area (Å²) in [7, 11) is 1.65. The van der Waals surface area contributed by atoms with Crippen molar-refractivity contribution in [1.29, 1.82) is 0 Å². The number of hydrogen-bond acceptors (Lipinski definition) is 6. The van der Waals surface area contributed by atoms with E-state index < -0.39 is 0 Å². The zero-order valence-electron chi connectivity index (χ0n) is 11.7. The first kappa shape index (κ1) is 13.3. The van der Waals surface area contributed by atoms with Gasteiger partial charge in [0.15, 0.2) is 5.65 Å². The number of hydrogen-bond donors (Lipinski definition) is 2. The van der Waals surface area contributed by atoms with E-state index >= 15 is 0 Å². The van der Waals surface area contributed by atoms with Gasteiger partial charge in [-0.2, -0.15) is 10.2 Å². The van der Waals surface area contributed by atoms with Crippen LogP contribution in [0.4, 0.5) is 11.5 Å². The SMILES string of the molecule is COCCn1cc(Nc2cc3n[nH]c(=O)n3c(C)n2)cn1. The average molecular weight is 289 g/mol. The van der Waals surface area contributed by atoms with Gasteiger partial charge in [-0.05, 0) is 6.92 Å². The molecule has 2 N–H and O–H groups in total. The lowest BCUT2D eigenvalue weighted by Gasteiger charge is -2.04. The van der Waals surface area contributed by atoms with Crippen molar-refractivity contribution in [3.8, 4) is 0 Å². The molecule has 0 fully saturated rings. The first-order valence-corrected chi connectivity index (χ1v) is 6.40. The maximum atomic E-state index is 11.5. The summed E-state index contributed by atoms with van der Waals surface area (Å²) >= 11 is 0. The van der Waals surface area contributed by atoms with Crippen LogP contribution in [-0.2, 0) is 11.3 Å². The third kappa shape index (κ3) is 2.63. The van der Waals surface area contributed by atoms with E-state index in [0.717, 1.165) is 5.69 Å². The molecule has 0 spiro atoms. The highest BCUT2D eigenvalue weighted by Crippen LogP contribution is 2.15. The van der Waals surface area contributed by atoms with Crippen LogP contribution >= 0.6 is 0 Å². The Bertz CT molecular complexity index is 816. The van der Waals surface area contributed by atoms with Crippen LogP contribution in [0.3, 0.4) is 0 Å². The van der Waals surface area contributed by atoms with Gasteiger partial charge in [0.1, 0.15) is 11.6 Å². The molecular weight excluding hydrogens is 274 g/mol. The third-order valence-electron chi connectivity index (χ3n) is 3.00. The van der Waals surface area contributed by atoms with Gasteiger partial charge < -0.3 is 10.1 Å². The molecule has 3 aromatic rings. The summed E-state index contributed by atoms with van der Waals surface area (Å²) in [4.78, 5) is 15.9. The molecule has 0 unspecified atom stereocenters. The number of rotatable bonds is 5. The molecule has 3 heterocycles. The molecule has 21 heavy (non-hydrogen) atoms. The lowest BCUT2D eigenvalue weighted by molar-refractivity contribution is 0.183. The molecule has 0 saturated heterocycles. The number of aromatic amines is 1. The van der Waals surface area contributed by atoms with Crippen LogP contribution in [0.1, 0.15) is 5.82 Å². The number of H-pyrrole nitrogens is 1. The highest BCUT2D eigenvalue weighted by molar-refractivity contribution is 5.58. The van der Waals surface area contributed by atoms with Crippen molar-refractivity contribution in [3.05, 3.63) is 34.8 Å². The van der Waals surface area contributed by atoms with Gasteiger partial charge in [-0.1, -0.05) is 0 Å². The summed E-state index contributed by atoms with van der Waals surface area (Å²) in [5, 5.41) is 13.7. The van der Waals surface area contributed by atoms with E-state index in [4.69, 9.17) is 4.74 Å². The summed E-state index contributed by atoms with van der Waals surface area (Å²) in [5.41, 5.74) is 1.02. The minimum Gasteiger partial charge on any atom is -0.383 e. The smallest absolute Gasteiger partial charge is 0.349 e. The summed E-state index contributed by atoms with van der Waals surface area (Å²) in [6, 6.07) is 1.69. The first-order chi connectivity index (χ1) is 10.2. The molecule has 0 aliphatic carbocycles. The van der Waals surface area contributed by atoms with Crippen molar-refractivity contribution < 1.29 is 4.74 Å². The van der Waals surface area contributed by atoms with Crippen LogP contribution in [0.15, 0.2) is 23.3 Å². The molecule has 110 valence electrons. The highest BCUT2D eigenvalue weighted by Gasteiger charge is 2.07. The number of aromatic nitrogens is 6. The summed E-state index contributed by atoms with van der Waals surface area (Å²) in [6.07, 6.45) is 3.56. The van der Waals surface area contributed by atoms with Gasteiger partial charge in [0.05, 0.1) is 25.0 Å². The fourth-order valence-electron chi connectivity index (χ4n) is 2.04. The summed E-state index contributed by atoms with van der Waals surface area (Å²) in [6.45, 7) is 3.02. The second-order valence-electron chi connectivity index (χ2n) is 4.52. The zero-order valence-corrected chi connectivity index (χ0v) is 11.7. The number of ether oxygens (including phenoxy) is 1. The van der Waals surface area contributed by atoms with Crippen LogP contribution in [0.2, 0.25) is 0 Å². The molecule has 0 bridgehead atoms. The monoisotopic (exact) mass is 289 g/mol. The Labute approximate surface area is 119 Å². The lowest BCUT2D eigenvalue weighted by Crippen LogP contribution is -2.13. The molecule has 0 aromatic carbocycles. The fraction of sp³-hybridized carbons (Fsp3) is 0.333. The van der Waals surface area contributed by atoms with Crippen molar-refractivity contribution in [2.75, 3.05) is 19.0 Å². The fourth-order valence-corrected chi connectivity index (χ4v) is 2.04. The predicted octanol–water partition coefficient (Wildman–Crippen LogP) is 0.313. The maximum absolute atomic E-state index is 11.5. The Morgan fingerprint density at radius 2 is 2.33 bits per heavy atom. The minimum absolute atomic E-state index is 0.297. The Morgan fingerprint density at radius 1 is 1.48 bits per heavy atom. The lowest BCUT2D eigenvalue weighted by atomic mass is 10.4. The molecule has 9 nitrogen and oxygen atoms in total. The number of fused-ring (bicyclic) bond motifs is 1. The first-order valence-electron chi connectivity index (χ1n) is 6.40. The molecule has 3 rings (SSSR count). The van der Waals surface area contributed by atoms with Crippen LogP contribution < -0.4 is 11.0 Å². The molecule has 0 amide bonds. The second kappa shape index (κ2) is 5.37. The number of methoxy groups -OCH3 is 1. The molecule has 3 aromatic heterocycles. The quantitative estimate of drug-likeness (QED) is 0.701. The van der Waals surface area contributed by atoms with E-state index in [1.165, 1.54) is 4.40 Å². The van der Waals surface area contributed by atoms with Gasteiger partial charge in [-0.15, -0.1) is 0 Å². The van der Waals surface area contributed by atoms with Gasteiger partial charge in [-0.3, -0.25) is 4.68 Å². The summed E-state index contributed by atoms with van der Waals surface area (Å²) < 4.78 is 8.19. The van der Waals surface area contributed by atoms with Crippen molar-refractivity contribution in [2.45, 2.75) is 13.5 Å². The largest absolute Gasteiger partial charge is 0.383 e. The molecule has 9 heteroatoms. The van der Waals surface area contributed by atoms with E-state index in [1.807, 2.05) is 6.20 Å². The van der Waals surface area contributed by atoms with Crippen molar-refractivity contribution in [2.24, 2.45) is 0 Å². The van der Waals surface area contributed by atoms with Crippen LogP contribution in [0.25, 0.3) is 5.65 Å². The summed E-state index contributed by atoms with van der Waals surface area (Å²) in [5.74, 6) is 1.16. The number of nitrogens with one attached hydrogen (secondary N) is 2. The zero-order chi connectivity index (χ0) is 14.8. The van der Waals surface area contributed by atoms with Crippen molar-refractivity contribution in [1.82, 2.24) is 29.4 Å². The molecule has 0 atom stereocenters. The third-order valence-corrected chi connectivity index (χ3v) is 3.00. The Hall–Kier alpha value is -2.68. The Morgan fingerprint density at radius 3 is 3.14 bits per heavy atom. The molecular formula is C12H15N7O2. The number of nitrogens with zero attached hydrogens (tertiary/aromatic N) is 5. The number of anilines is 2. The van der Waals surface area contributed by atoms with Crippen molar-refractivity contribution >= 4 is 17.2 Å². The minimum atomic E-state index is -0.297. The van der Waals surface area contributed by atoms with Crippen LogP contribution in [-0.4, -0.2) is 43.1 Å². The van der Waals surface area contributed by atoms with E-state index in [9.17, 15) is 4.79 Å². The van der Waals surface area contributed by atoms with E-state index in [-0.39, 0.29) is 5.69 Å². The Balaban J connectivity index is 1.84. The number of aryl methyl sites for hydroxylation is 1. The topological polar surface area (TPSA) is 102 Å². The van der Waals surface area contributed by atoms with E-state index in [2.05, 4.69) is 25.6 Å². The van der Waals surface area contributed by atoms with Gasteiger partial charge >= 0.3 is 5.69 Å². The van der Waals surface area contributed by atoms with Gasteiger partial charge in [0, 0.05) is 19.4 Å². The molecule has 0 aliphatic heterocycles. The van der Waals surface area contributed by atoms with E-state index in [0.29, 0.717) is 30.4 Å². The van der Waals surface area contributed by atoms with Crippen molar-refractivity contribution in [3.63, 3.8) is 0 Å². The maximum Gasteiger partial charge on any atom is 0.349 e.